The molecule has 21 heavy (non-hydrogen) atoms. The lowest BCUT2D eigenvalue weighted by molar-refractivity contribution is -0.118. The van der Waals surface area contributed by atoms with Gasteiger partial charge in [-0.3, -0.25) is 9.69 Å². The van der Waals surface area contributed by atoms with Gasteiger partial charge in [-0.25, -0.2) is 0 Å². The Morgan fingerprint density at radius 2 is 2.19 bits per heavy atom. The van der Waals surface area contributed by atoms with Crippen molar-refractivity contribution >= 4 is 11.6 Å². The van der Waals surface area contributed by atoms with E-state index >= 15 is 0 Å². The number of piperidine rings is 1. The molecule has 3 N–H and O–H groups in total. The number of hydrogen-bond donors (Lipinski definition) is 2. The summed E-state index contributed by atoms with van der Waals surface area (Å²) in [6.07, 6.45) is 3.36. The van der Waals surface area contributed by atoms with Gasteiger partial charge >= 0.3 is 0 Å². The average Bonchev–Trinajstić information content (AvgIpc) is 2.48. The molecule has 0 radical (unpaired) electrons. The van der Waals surface area contributed by atoms with Crippen molar-refractivity contribution in [3.05, 3.63) is 29.8 Å². The topological polar surface area (TPSA) is 82.2 Å². The van der Waals surface area contributed by atoms with Crippen LogP contribution in [0.25, 0.3) is 0 Å². The molecule has 1 amide bonds. The highest BCUT2D eigenvalue weighted by molar-refractivity contribution is 5.92. The van der Waals surface area contributed by atoms with Gasteiger partial charge in [0.1, 0.15) is 0 Å². The highest BCUT2D eigenvalue weighted by Gasteiger charge is 2.26. The molecule has 5 heteroatoms. The van der Waals surface area contributed by atoms with E-state index in [4.69, 9.17) is 11.0 Å². The third kappa shape index (κ3) is 4.28. The minimum atomic E-state index is -0.0349. The van der Waals surface area contributed by atoms with Crippen molar-refractivity contribution in [1.82, 2.24) is 4.90 Å². The minimum Gasteiger partial charge on any atom is -0.327 e. The lowest BCUT2D eigenvalue weighted by atomic mass is 9.97. The van der Waals surface area contributed by atoms with Crippen LogP contribution in [0.2, 0.25) is 0 Å². The molecule has 2 rings (SSSR count). The van der Waals surface area contributed by atoms with Gasteiger partial charge in [-0.05, 0) is 50.6 Å². The van der Waals surface area contributed by atoms with Gasteiger partial charge in [0.15, 0.2) is 0 Å². The maximum absolute atomic E-state index is 12.1. The van der Waals surface area contributed by atoms with E-state index in [1.54, 1.807) is 24.3 Å². The van der Waals surface area contributed by atoms with E-state index in [1.807, 2.05) is 6.92 Å². The number of benzene rings is 1. The number of nitrogens with one attached hydrogen (secondary N) is 1. The number of nitrogens with zero attached hydrogens (tertiary/aromatic N) is 2. The van der Waals surface area contributed by atoms with E-state index in [9.17, 15) is 4.79 Å². The minimum absolute atomic E-state index is 0.0349. The lowest BCUT2D eigenvalue weighted by Crippen LogP contribution is -2.51. The quantitative estimate of drug-likeness (QED) is 0.882. The van der Waals surface area contributed by atoms with Gasteiger partial charge in [0.2, 0.25) is 5.91 Å². The molecular weight excluding hydrogens is 264 g/mol. The Bertz CT molecular complexity index is 518. The number of nitriles is 1. The SMILES string of the molecule is CC(N)C1CCCCN1CC(=O)Nc1ccc(C#N)cc1. The molecule has 1 heterocycles. The predicted octanol–water partition coefficient (Wildman–Crippen LogP) is 1.70. The van der Waals surface area contributed by atoms with Gasteiger partial charge in [0.25, 0.3) is 0 Å². The molecular formula is C16H22N4O. The number of rotatable bonds is 4. The smallest absolute Gasteiger partial charge is 0.238 e. The number of carbonyl (C=O) groups excluding carboxylic acids is 1. The second-order valence-corrected chi connectivity index (χ2v) is 5.63. The molecule has 1 aliphatic rings. The average molecular weight is 286 g/mol. The van der Waals surface area contributed by atoms with Gasteiger partial charge < -0.3 is 11.1 Å². The molecule has 112 valence electrons. The van der Waals surface area contributed by atoms with E-state index in [0.29, 0.717) is 17.8 Å². The van der Waals surface area contributed by atoms with Crippen LogP contribution in [0.1, 0.15) is 31.7 Å². The Morgan fingerprint density at radius 3 is 2.81 bits per heavy atom. The third-order valence-corrected chi connectivity index (χ3v) is 3.92. The monoisotopic (exact) mass is 286 g/mol. The number of anilines is 1. The fourth-order valence-corrected chi connectivity index (χ4v) is 2.82. The highest BCUT2D eigenvalue weighted by atomic mass is 16.2. The van der Waals surface area contributed by atoms with Crippen molar-refractivity contribution in [2.75, 3.05) is 18.4 Å². The summed E-state index contributed by atoms with van der Waals surface area (Å²) < 4.78 is 0. The van der Waals surface area contributed by atoms with E-state index in [2.05, 4.69) is 16.3 Å². The second-order valence-electron chi connectivity index (χ2n) is 5.63. The largest absolute Gasteiger partial charge is 0.327 e. The molecule has 1 aliphatic heterocycles. The summed E-state index contributed by atoms with van der Waals surface area (Å²) in [5, 5.41) is 11.6. The van der Waals surface area contributed by atoms with Crippen molar-refractivity contribution in [2.24, 2.45) is 5.73 Å². The predicted molar refractivity (Wildman–Crippen MR) is 82.6 cm³/mol. The van der Waals surface area contributed by atoms with Crippen LogP contribution in [-0.4, -0.2) is 36.0 Å². The standard InChI is InChI=1S/C16H22N4O/c1-12(18)15-4-2-3-9-20(15)11-16(21)19-14-7-5-13(10-17)6-8-14/h5-8,12,15H,2-4,9,11,18H2,1H3,(H,19,21). The van der Waals surface area contributed by atoms with Gasteiger partial charge in [-0.1, -0.05) is 6.42 Å². The summed E-state index contributed by atoms with van der Waals surface area (Å²) in [4.78, 5) is 14.3. The number of amides is 1. The molecule has 1 aromatic rings. The zero-order valence-corrected chi connectivity index (χ0v) is 12.4. The van der Waals surface area contributed by atoms with Crippen LogP contribution in [0.15, 0.2) is 24.3 Å². The highest BCUT2D eigenvalue weighted by Crippen LogP contribution is 2.19. The van der Waals surface area contributed by atoms with Crippen molar-refractivity contribution in [1.29, 1.82) is 5.26 Å². The molecule has 0 bridgehead atoms. The van der Waals surface area contributed by atoms with Crippen LogP contribution in [0.5, 0.6) is 0 Å². The zero-order chi connectivity index (χ0) is 15.2. The van der Waals surface area contributed by atoms with Gasteiger partial charge in [0, 0.05) is 17.8 Å². The molecule has 2 atom stereocenters. The Hall–Kier alpha value is -1.90. The van der Waals surface area contributed by atoms with Gasteiger partial charge in [-0.15, -0.1) is 0 Å². The number of likely N-dealkylation sites (tertiary alicyclic amines) is 1. The fraction of sp³-hybridized carbons (Fsp3) is 0.500. The first-order chi connectivity index (χ1) is 10.1. The Morgan fingerprint density at radius 1 is 1.48 bits per heavy atom. The number of carbonyl (C=O) groups is 1. The second kappa shape index (κ2) is 7.21. The number of hydrogen-bond acceptors (Lipinski definition) is 4. The van der Waals surface area contributed by atoms with Gasteiger partial charge in [-0.2, -0.15) is 5.26 Å². The Balaban J connectivity index is 1.92. The normalized spacial score (nSPS) is 20.5. The van der Waals surface area contributed by atoms with Crippen molar-refractivity contribution in [3.8, 4) is 6.07 Å². The molecule has 1 saturated heterocycles. The summed E-state index contributed by atoms with van der Waals surface area (Å²) in [6, 6.07) is 9.30. The summed E-state index contributed by atoms with van der Waals surface area (Å²) >= 11 is 0. The summed E-state index contributed by atoms with van der Waals surface area (Å²) in [5.74, 6) is -0.0349. The van der Waals surface area contributed by atoms with E-state index in [1.165, 1.54) is 6.42 Å². The number of nitrogens with two attached hydrogens (primary N) is 1. The van der Waals surface area contributed by atoms with E-state index in [-0.39, 0.29) is 18.0 Å². The van der Waals surface area contributed by atoms with E-state index in [0.717, 1.165) is 19.4 Å². The van der Waals surface area contributed by atoms with Crippen LogP contribution in [-0.2, 0) is 4.79 Å². The van der Waals surface area contributed by atoms with Crippen molar-refractivity contribution in [2.45, 2.75) is 38.3 Å². The van der Waals surface area contributed by atoms with Gasteiger partial charge in [0.05, 0.1) is 18.2 Å². The fourth-order valence-electron chi connectivity index (χ4n) is 2.82. The van der Waals surface area contributed by atoms with E-state index < -0.39 is 0 Å². The molecule has 1 aromatic carbocycles. The van der Waals surface area contributed by atoms with Crippen LogP contribution in [0.4, 0.5) is 5.69 Å². The maximum atomic E-state index is 12.1. The maximum Gasteiger partial charge on any atom is 0.238 e. The first-order valence-corrected chi connectivity index (χ1v) is 7.40. The summed E-state index contributed by atoms with van der Waals surface area (Å²) in [5.41, 5.74) is 7.31. The third-order valence-electron chi connectivity index (χ3n) is 3.92. The zero-order valence-electron chi connectivity index (χ0n) is 12.4. The lowest BCUT2D eigenvalue weighted by Gasteiger charge is -2.37. The van der Waals surface area contributed by atoms with Crippen molar-refractivity contribution < 1.29 is 4.79 Å². The molecule has 5 nitrogen and oxygen atoms in total. The first-order valence-electron chi connectivity index (χ1n) is 7.40. The Kier molecular flexibility index (Phi) is 5.32. The Labute approximate surface area is 125 Å². The summed E-state index contributed by atoms with van der Waals surface area (Å²) in [6.45, 7) is 3.29. The molecule has 1 fully saturated rings. The van der Waals surface area contributed by atoms with Crippen LogP contribution < -0.4 is 11.1 Å². The van der Waals surface area contributed by atoms with Crippen molar-refractivity contribution in [3.63, 3.8) is 0 Å². The molecule has 2 unspecified atom stereocenters. The van der Waals surface area contributed by atoms with Crippen LogP contribution >= 0.6 is 0 Å². The first kappa shape index (κ1) is 15.5. The van der Waals surface area contributed by atoms with Crippen LogP contribution in [0, 0.1) is 11.3 Å². The summed E-state index contributed by atoms with van der Waals surface area (Å²) in [7, 11) is 0. The van der Waals surface area contributed by atoms with Crippen LogP contribution in [0.3, 0.4) is 0 Å². The molecule has 0 aromatic heterocycles. The molecule has 0 spiro atoms. The molecule has 0 aliphatic carbocycles. The molecule has 0 saturated carbocycles.